The van der Waals surface area contributed by atoms with Gasteiger partial charge in [-0.15, -0.1) is 0 Å². The van der Waals surface area contributed by atoms with Gasteiger partial charge < -0.3 is 9.47 Å². The Morgan fingerprint density at radius 1 is 0.958 bits per heavy atom. The third-order valence-corrected chi connectivity index (χ3v) is 3.01. The largest absolute Gasteiger partial charge is 0.490 e. The summed E-state index contributed by atoms with van der Waals surface area (Å²) in [6.45, 7) is 4.06. The zero-order valence-electron chi connectivity index (χ0n) is 13.6. The molecule has 0 amide bonds. The molecule has 0 heterocycles. The van der Waals surface area contributed by atoms with Gasteiger partial charge >= 0.3 is 5.97 Å². The van der Waals surface area contributed by atoms with Crippen LogP contribution in [0.2, 0.25) is 0 Å². The first-order valence-corrected chi connectivity index (χ1v) is 7.61. The number of azo groups is 1. The standard InChI is InChI=1S/C18H19FN2O3/c1-13(2)18(22)24-12-11-23-17-9-7-16(8-10-17)21-20-15-5-3-14(19)4-6-15/h3-10,13H,11-12H2,1-2H3/b21-20-. The Labute approximate surface area is 140 Å². The van der Waals surface area contributed by atoms with Crippen molar-refractivity contribution in [2.75, 3.05) is 13.2 Å². The fraction of sp³-hybridized carbons (Fsp3) is 0.278. The molecule has 6 heteroatoms. The molecule has 0 unspecified atom stereocenters. The van der Waals surface area contributed by atoms with Crippen LogP contribution in [0, 0.1) is 11.7 Å². The number of rotatable bonds is 7. The van der Waals surface area contributed by atoms with Gasteiger partial charge in [-0.2, -0.15) is 10.2 Å². The molecular formula is C18H19FN2O3. The first-order chi connectivity index (χ1) is 11.5. The zero-order valence-corrected chi connectivity index (χ0v) is 13.6. The molecule has 5 nitrogen and oxygen atoms in total. The van der Waals surface area contributed by atoms with E-state index in [0.29, 0.717) is 17.1 Å². The molecule has 0 N–H and O–H groups in total. The van der Waals surface area contributed by atoms with E-state index in [2.05, 4.69) is 10.2 Å². The fourth-order valence-corrected chi connectivity index (χ4v) is 1.70. The van der Waals surface area contributed by atoms with Crippen LogP contribution in [0.3, 0.4) is 0 Å². The van der Waals surface area contributed by atoms with Crippen molar-refractivity contribution in [2.24, 2.45) is 16.1 Å². The van der Waals surface area contributed by atoms with E-state index in [0.717, 1.165) is 0 Å². The van der Waals surface area contributed by atoms with E-state index in [9.17, 15) is 9.18 Å². The summed E-state index contributed by atoms with van der Waals surface area (Å²) in [5, 5.41) is 8.08. The third-order valence-electron chi connectivity index (χ3n) is 3.01. The van der Waals surface area contributed by atoms with Gasteiger partial charge in [0.05, 0.1) is 17.3 Å². The Hall–Kier alpha value is -2.76. The van der Waals surface area contributed by atoms with Gasteiger partial charge in [-0.25, -0.2) is 4.39 Å². The zero-order chi connectivity index (χ0) is 17.4. The predicted octanol–water partition coefficient (Wildman–Crippen LogP) is 4.82. The molecule has 24 heavy (non-hydrogen) atoms. The number of hydrogen-bond donors (Lipinski definition) is 0. The number of nitrogens with zero attached hydrogens (tertiary/aromatic N) is 2. The van der Waals surface area contributed by atoms with Crippen LogP contribution in [0.4, 0.5) is 15.8 Å². The third kappa shape index (κ3) is 5.79. The molecule has 0 aliphatic carbocycles. The number of hydrogen-bond acceptors (Lipinski definition) is 5. The molecule has 0 radical (unpaired) electrons. The molecule has 0 atom stereocenters. The van der Waals surface area contributed by atoms with E-state index in [1.54, 1.807) is 50.2 Å². The Kier molecular flexibility index (Phi) is 6.42. The lowest BCUT2D eigenvalue weighted by Gasteiger charge is -2.08. The number of benzene rings is 2. The Bertz CT molecular complexity index is 682. The Balaban J connectivity index is 1.80. The summed E-state index contributed by atoms with van der Waals surface area (Å²) in [5.74, 6) is -0.0447. The minimum absolute atomic E-state index is 0.143. The van der Waals surface area contributed by atoms with Crippen LogP contribution in [0.25, 0.3) is 0 Å². The molecule has 0 aliphatic heterocycles. The summed E-state index contributed by atoms with van der Waals surface area (Å²) >= 11 is 0. The minimum atomic E-state index is -0.311. The normalized spacial score (nSPS) is 11.0. The van der Waals surface area contributed by atoms with Crippen LogP contribution in [-0.2, 0) is 9.53 Å². The van der Waals surface area contributed by atoms with Crippen molar-refractivity contribution < 1.29 is 18.7 Å². The molecule has 2 rings (SSSR count). The number of esters is 1. The Morgan fingerprint density at radius 2 is 1.50 bits per heavy atom. The highest BCUT2D eigenvalue weighted by atomic mass is 19.1. The van der Waals surface area contributed by atoms with Gasteiger partial charge in [0.1, 0.15) is 24.8 Å². The van der Waals surface area contributed by atoms with Gasteiger partial charge in [0, 0.05) is 0 Å². The second-order valence-electron chi connectivity index (χ2n) is 5.34. The molecule has 0 saturated heterocycles. The Morgan fingerprint density at radius 3 is 2.04 bits per heavy atom. The summed E-state index contributed by atoms with van der Waals surface area (Å²) in [6, 6.07) is 12.8. The van der Waals surface area contributed by atoms with Crippen molar-refractivity contribution in [2.45, 2.75) is 13.8 Å². The van der Waals surface area contributed by atoms with Gasteiger partial charge in [0.25, 0.3) is 0 Å². The van der Waals surface area contributed by atoms with E-state index < -0.39 is 0 Å². The topological polar surface area (TPSA) is 60.2 Å². The molecule has 0 aromatic heterocycles. The molecule has 0 aliphatic rings. The maximum atomic E-state index is 12.8. The maximum absolute atomic E-state index is 12.8. The van der Waals surface area contributed by atoms with Gasteiger partial charge in [0.15, 0.2) is 0 Å². The van der Waals surface area contributed by atoms with Crippen LogP contribution in [0.5, 0.6) is 5.75 Å². The summed E-state index contributed by atoms with van der Waals surface area (Å²) in [6.07, 6.45) is 0. The van der Waals surface area contributed by atoms with Gasteiger partial charge in [-0.3, -0.25) is 4.79 Å². The highest BCUT2D eigenvalue weighted by Gasteiger charge is 2.07. The SMILES string of the molecule is CC(C)C(=O)OCCOc1ccc(/N=N\c2ccc(F)cc2)cc1. The van der Waals surface area contributed by atoms with Crippen molar-refractivity contribution in [3.8, 4) is 5.75 Å². The van der Waals surface area contributed by atoms with Crippen LogP contribution in [0.1, 0.15) is 13.8 Å². The van der Waals surface area contributed by atoms with Gasteiger partial charge in [-0.05, 0) is 48.5 Å². The molecule has 2 aromatic carbocycles. The van der Waals surface area contributed by atoms with E-state index in [1.165, 1.54) is 12.1 Å². The highest BCUT2D eigenvalue weighted by molar-refractivity contribution is 5.71. The van der Waals surface area contributed by atoms with Crippen LogP contribution in [0.15, 0.2) is 58.8 Å². The molecule has 0 fully saturated rings. The highest BCUT2D eigenvalue weighted by Crippen LogP contribution is 2.21. The lowest BCUT2D eigenvalue weighted by Crippen LogP contribution is -2.16. The second-order valence-corrected chi connectivity index (χ2v) is 5.34. The molecule has 0 spiro atoms. The minimum Gasteiger partial charge on any atom is -0.490 e. The summed E-state index contributed by atoms with van der Waals surface area (Å²) in [7, 11) is 0. The molecule has 2 aromatic rings. The predicted molar refractivity (Wildman–Crippen MR) is 88.3 cm³/mol. The smallest absolute Gasteiger partial charge is 0.308 e. The van der Waals surface area contributed by atoms with Crippen molar-refractivity contribution in [1.82, 2.24) is 0 Å². The van der Waals surface area contributed by atoms with Crippen molar-refractivity contribution in [3.63, 3.8) is 0 Å². The van der Waals surface area contributed by atoms with Crippen molar-refractivity contribution in [1.29, 1.82) is 0 Å². The quantitative estimate of drug-likeness (QED) is 0.415. The summed E-state index contributed by atoms with van der Waals surface area (Å²) in [5.41, 5.74) is 1.22. The summed E-state index contributed by atoms with van der Waals surface area (Å²) in [4.78, 5) is 11.3. The average molecular weight is 330 g/mol. The lowest BCUT2D eigenvalue weighted by atomic mass is 10.2. The maximum Gasteiger partial charge on any atom is 0.308 e. The van der Waals surface area contributed by atoms with Gasteiger partial charge in [0.2, 0.25) is 0 Å². The van der Waals surface area contributed by atoms with E-state index in [4.69, 9.17) is 9.47 Å². The first-order valence-electron chi connectivity index (χ1n) is 7.61. The molecule has 0 bridgehead atoms. The van der Waals surface area contributed by atoms with Crippen molar-refractivity contribution in [3.05, 3.63) is 54.3 Å². The molecule has 0 saturated carbocycles. The summed E-state index contributed by atoms with van der Waals surface area (Å²) < 4.78 is 23.3. The second kappa shape index (κ2) is 8.76. The number of carbonyl (C=O) groups is 1. The van der Waals surface area contributed by atoms with Crippen LogP contribution in [-0.4, -0.2) is 19.2 Å². The van der Waals surface area contributed by atoms with E-state index >= 15 is 0 Å². The van der Waals surface area contributed by atoms with Crippen molar-refractivity contribution >= 4 is 17.3 Å². The number of carbonyl (C=O) groups excluding carboxylic acids is 1. The van der Waals surface area contributed by atoms with E-state index in [1.807, 2.05) is 0 Å². The van der Waals surface area contributed by atoms with E-state index in [-0.39, 0.29) is 30.9 Å². The lowest BCUT2D eigenvalue weighted by molar-refractivity contribution is -0.148. The fourth-order valence-electron chi connectivity index (χ4n) is 1.70. The average Bonchev–Trinajstić information content (AvgIpc) is 2.59. The van der Waals surface area contributed by atoms with Crippen LogP contribution < -0.4 is 4.74 Å². The molecular weight excluding hydrogens is 311 g/mol. The van der Waals surface area contributed by atoms with Gasteiger partial charge in [-0.1, -0.05) is 13.8 Å². The van der Waals surface area contributed by atoms with Crippen LogP contribution >= 0.6 is 0 Å². The first kappa shape index (κ1) is 17.6. The number of ether oxygens (including phenoxy) is 2. The molecule has 126 valence electrons. The number of halogens is 1. The monoisotopic (exact) mass is 330 g/mol.